The Morgan fingerprint density at radius 1 is 0.568 bits per heavy atom. The van der Waals surface area contributed by atoms with Gasteiger partial charge in [-0.15, -0.1) is 6.58 Å². The fourth-order valence-electron chi connectivity index (χ4n) is 4.77. The number of nitrogens with zero attached hydrogens (tertiary/aromatic N) is 1. The van der Waals surface area contributed by atoms with Gasteiger partial charge < -0.3 is 19.8 Å². The highest BCUT2D eigenvalue weighted by atomic mass is 16.4. The Kier molecular flexibility index (Phi) is 20.0. The van der Waals surface area contributed by atoms with Crippen molar-refractivity contribution in [3.63, 3.8) is 0 Å². The molecule has 0 saturated heterocycles. The lowest BCUT2D eigenvalue weighted by molar-refractivity contribution is -0.929. The molecule has 0 aliphatic heterocycles. The minimum atomic E-state index is -0.826. The summed E-state index contributed by atoms with van der Waals surface area (Å²) in [5, 5.41) is 28.2. The van der Waals surface area contributed by atoms with E-state index in [2.05, 4.69) is 6.58 Å². The van der Waals surface area contributed by atoms with Gasteiger partial charge in [0.15, 0.2) is 0 Å². The Balaban J connectivity index is 4.81. The average molecular weight is 527 g/mol. The van der Waals surface area contributed by atoms with Crippen molar-refractivity contribution >= 4 is 17.9 Å². The molecule has 0 rings (SSSR count). The van der Waals surface area contributed by atoms with E-state index in [1.165, 1.54) is 57.8 Å². The number of allylic oxidation sites excluding steroid dienone is 1. The van der Waals surface area contributed by atoms with Crippen LogP contribution in [0, 0.1) is 17.8 Å². The molecule has 0 spiro atoms. The number of carboxylic acids is 3. The van der Waals surface area contributed by atoms with Crippen molar-refractivity contribution in [2.75, 3.05) is 26.2 Å². The van der Waals surface area contributed by atoms with Crippen molar-refractivity contribution in [1.82, 2.24) is 0 Å². The molecule has 3 atom stereocenters. The highest BCUT2D eigenvalue weighted by Gasteiger charge is 2.31. The maximum absolute atomic E-state index is 11.4. The monoisotopic (exact) mass is 526 g/mol. The number of carboxylic acid groups (broad SMARTS) is 3. The maximum Gasteiger partial charge on any atom is 0.306 e. The smallest absolute Gasteiger partial charge is 0.306 e. The number of hydrogen-bond donors (Lipinski definition) is 3. The van der Waals surface area contributed by atoms with Gasteiger partial charge in [-0.2, -0.15) is 0 Å². The molecule has 0 bridgehead atoms. The van der Waals surface area contributed by atoms with Gasteiger partial charge in [0.25, 0.3) is 0 Å². The third-order valence-electron chi connectivity index (χ3n) is 7.91. The molecule has 0 aromatic heterocycles. The fraction of sp³-hybridized carbons (Fsp3) is 0.833. The summed E-state index contributed by atoms with van der Waals surface area (Å²) in [6.07, 6.45) is 18.1. The summed E-state index contributed by atoms with van der Waals surface area (Å²) >= 11 is 0. The van der Waals surface area contributed by atoms with E-state index >= 15 is 0 Å². The van der Waals surface area contributed by atoms with Crippen LogP contribution in [0.1, 0.15) is 117 Å². The second-order valence-electron chi connectivity index (χ2n) is 11.3. The second kappa shape index (κ2) is 21.1. The molecule has 3 N–H and O–H groups in total. The summed E-state index contributed by atoms with van der Waals surface area (Å²) in [5.41, 5.74) is 0. The molecule has 0 aromatic carbocycles. The van der Waals surface area contributed by atoms with Crippen molar-refractivity contribution in [3.8, 4) is 0 Å². The van der Waals surface area contributed by atoms with Gasteiger partial charge in [0.1, 0.15) is 0 Å². The Morgan fingerprint density at radius 2 is 0.865 bits per heavy atom. The Morgan fingerprint density at radius 3 is 1.16 bits per heavy atom. The Hall–Kier alpha value is -1.89. The summed E-state index contributed by atoms with van der Waals surface area (Å²) < 4.78 is 0.610. The lowest BCUT2D eigenvalue weighted by Crippen LogP contribution is -2.52. The first-order valence-electron chi connectivity index (χ1n) is 14.7. The number of carbonyl (C=O) groups is 3. The molecule has 0 amide bonds. The van der Waals surface area contributed by atoms with Gasteiger partial charge in [0, 0.05) is 19.3 Å². The molecule has 0 fully saturated rings. The molecule has 0 saturated carbocycles. The summed E-state index contributed by atoms with van der Waals surface area (Å²) in [4.78, 5) is 34.3. The van der Waals surface area contributed by atoms with Crippen LogP contribution in [0.15, 0.2) is 12.7 Å². The SMILES string of the molecule is C=CCCCCCCCCCCCCC[N+](CCC(C)C(=O)O)(CCC(C)C(=O)O)CCC(C)C(=O)O. The third-order valence-corrected chi connectivity index (χ3v) is 7.91. The van der Waals surface area contributed by atoms with Crippen LogP contribution in [0.25, 0.3) is 0 Å². The van der Waals surface area contributed by atoms with Crippen LogP contribution in [0.2, 0.25) is 0 Å². The molecule has 0 aliphatic carbocycles. The lowest BCUT2D eigenvalue weighted by Gasteiger charge is -2.40. The topological polar surface area (TPSA) is 112 Å². The zero-order valence-corrected chi connectivity index (χ0v) is 24.0. The third kappa shape index (κ3) is 18.1. The Bertz CT molecular complexity index is 590. The lowest BCUT2D eigenvalue weighted by atomic mass is 10.0. The van der Waals surface area contributed by atoms with Crippen LogP contribution < -0.4 is 0 Å². The minimum absolute atomic E-state index is 0.478. The normalized spacial score (nSPS) is 15.4. The van der Waals surface area contributed by atoms with Gasteiger partial charge in [-0.05, 0) is 25.7 Å². The number of unbranched alkanes of at least 4 members (excludes halogenated alkanes) is 11. The van der Waals surface area contributed by atoms with Gasteiger partial charge in [-0.1, -0.05) is 78.2 Å². The van der Waals surface area contributed by atoms with E-state index in [0.29, 0.717) is 43.4 Å². The van der Waals surface area contributed by atoms with Crippen LogP contribution in [-0.2, 0) is 14.4 Å². The van der Waals surface area contributed by atoms with Crippen LogP contribution >= 0.6 is 0 Å². The van der Waals surface area contributed by atoms with Crippen molar-refractivity contribution < 1.29 is 34.2 Å². The predicted octanol–water partition coefficient (Wildman–Crippen LogP) is 7.00. The zero-order chi connectivity index (χ0) is 28.1. The number of rotatable bonds is 26. The molecular formula is C30H56NO6+. The number of quaternary nitrogens is 1. The van der Waals surface area contributed by atoms with Gasteiger partial charge in [-0.3, -0.25) is 14.4 Å². The van der Waals surface area contributed by atoms with E-state index in [9.17, 15) is 29.7 Å². The molecule has 37 heavy (non-hydrogen) atoms. The van der Waals surface area contributed by atoms with Crippen LogP contribution in [0.5, 0.6) is 0 Å². The van der Waals surface area contributed by atoms with E-state index in [4.69, 9.17) is 0 Å². The number of hydrogen-bond acceptors (Lipinski definition) is 3. The average Bonchev–Trinajstić information content (AvgIpc) is 2.86. The van der Waals surface area contributed by atoms with Crippen LogP contribution in [-0.4, -0.2) is 63.9 Å². The van der Waals surface area contributed by atoms with Crippen molar-refractivity contribution in [1.29, 1.82) is 0 Å². The summed E-state index contributed by atoms with van der Waals surface area (Å²) in [5.74, 6) is -3.91. The molecule has 0 aromatic rings. The first-order chi connectivity index (χ1) is 17.5. The molecule has 0 radical (unpaired) electrons. The maximum atomic E-state index is 11.4. The first kappa shape index (κ1) is 35.1. The van der Waals surface area contributed by atoms with Gasteiger partial charge in [-0.25, -0.2) is 0 Å². The molecule has 7 nitrogen and oxygen atoms in total. The molecule has 7 heteroatoms. The largest absolute Gasteiger partial charge is 0.481 e. The van der Waals surface area contributed by atoms with Crippen molar-refractivity contribution in [3.05, 3.63) is 12.7 Å². The summed E-state index contributed by atoms with van der Waals surface area (Å²) in [6, 6.07) is 0. The molecule has 216 valence electrons. The number of aliphatic carboxylic acids is 3. The van der Waals surface area contributed by atoms with Crippen LogP contribution in [0.4, 0.5) is 0 Å². The second-order valence-corrected chi connectivity index (χ2v) is 11.3. The first-order valence-corrected chi connectivity index (χ1v) is 14.7. The van der Waals surface area contributed by atoms with Crippen molar-refractivity contribution in [2.45, 2.75) is 117 Å². The highest BCUT2D eigenvalue weighted by Crippen LogP contribution is 2.22. The Labute approximate surface area is 225 Å². The summed E-state index contributed by atoms with van der Waals surface area (Å²) in [7, 11) is 0. The molecule has 0 heterocycles. The van der Waals surface area contributed by atoms with Gasteiger partial charge >= 0.3 is 17.9 Å². The minimum Gasteiger partial charge on any atom is -0.481 e. The summed E-state index contributed by atoms with van der Waals surface area (Å²) in [6.45, 7) is 11.6. The van der Waals surface area contributed by atoms with E-state index in [1.807, 2.05) is 6.08 Å². The van der Waals surface area contributed by atoms with E-state index in [0.717, 1.165) is 25.8 Å². The van der Waals surface area contributed by atoms with Crippen molar-refractivity contribution in [2.24, 2.45) is 17.8 Å². The molecule has 0 aliphatic rings. The van der Waals surface area contributed by atoms with Crippen LogP contribution in [0.3, 0.4) is 0 Å². The molecular weight excluding hydrogens is 470 g/mol. The predicted molar refractivity (Wildman–Crippen MR) is 150 cm³/mol. The molecule has 3 unspecified atom stereocenters. The van der Waals surface area contributed by atoms with E-state index in [-0.39, 0.29) is 0 Å². The standard InChI is InChI=1S/C30H55NO6/c1-5-6-7-8-9-10-11-12-13-14-15-16-17-21-31(22-18-25(2)28(32)33,23-19-26(3)29(34)35)24-20-27(4)30(36)37/h5,25-27H,1,6-24H2,2-4H3,(H2-,32,33,34,35,36,37)/p+1. The van der Waals surface area contributed by atoms with Gasteiger partial charge in [0.05, 0.1) is 43.9 Å². The highest BCUT2D eigenvalue weighted by molar-refractivity contribution is 5.70. The fourth-order valence-corrected chi connectivity index (χ4v) is 4.77. The zero-order valence-electron chi connectivity index (χ0n) is 24.0. The van der Waals surface area contributed by atoms with Gasteiger partial charge in [0.2, 0.25) is 0 Å². The van der Waals surface area contributed by atoms with E-state index < -0.39 is 35.7 Å². The van der Waals surface area contributed by atoms with E-state index in [1.54, 1.807) is 20.8 Å². The quantitative estimate of drug-likeness (QED) is 0.0635.